The van der Waals surface area contributed by atoms with Crippen LogP contribution in [-0.2, 0) is 10.8 Å². The second-order valence-electron chi connectivity index (χ2n) is 7.52. The fraction of sp³-hybridized carbons (Fsp3) is 0.700. The van der Waals surface area contributed by atoms with Crippen molar-refractivity contribution >= 4 is 0 Å². The van der Waals surface area contributed by atoms with Gasteiger partial charge in [0.25, 0.3) is 0 Å². The third-order valence-electron chi connectivity index (χ3n) is 4.73. The first-order valence-electron chi connectivity index (χ1n) is 8.50. The summed E-state index contributed by atoms with van der Waals surface area (Å²) in [5.41, 5.74) is 2.65. The van der Waals surface area contributed by atoms with Crippen molar-refractivity contribution in [1.29, 1.82) is 0 Å². The summed E-state index contributed by atoms with van der Waals surface area (Å²) < 4.78 is 11.5. The molecule has 1 rings (SSSR count). The van der Waals surface area contributed by atoms with Crippen LogP contribution in [-0.4, -0.2) is 14.2 Å². The molecule has 0 unspecified atom stereocenters. The van der Waals surface area contributed by atoms with Gasteiger partial charge in [-0.2, -0.15) is 0 Å². The van der Waals surface area contributed by atoms with Gasteiger partial charge in [-0.15, -0.1) is 0 Å². The Bertz CT molecular complexity index is 441. The molecule has 0 aliphatic heterocycles. The summed E-state index contributed by atoms with van der Waals surface area (Å²) in [7, 11) is 3.54. The maximum Gasteiger partial charge on any atom is 0.123 e. The molecule has 0 aromatic heterocycles. The second-order valence-corrected chi connectivity index (χ2v) is 7.52. The Labute approximate surface area is 137 Å². The second kappa shape index (κ2) is 7.39. The molecule has 22 heavy (non-hydrogen) atoms. The predicted octanol–water partition coefficient (Wildman–Crippen LogP) is 5.86. The number of hydrogen-bond acceptors (Lipinski definition) is 2. The first-order chi connectivity index (χ1) is 10.2. The molecule has 0 atom stereocenters. The van der Waals surface area contributed by atoms with Gasteiger partial charge in [-0.25, -0.2) is 0 Å². The van der Waals surface area contributed by atoms with Gasteiger partial charge in [0, 0.05) is 11.1 Å². The van der Waals surface area contributed by atoms with E-state index < -0.39 is 0 Å². The van der Waals surface area contributed by atoms with E-state index in [4.69, 9.17) is 9.47 Å². The van der Waals surface area contributed by atoms with Gasteiger partial charge < -0.3 is 9.47 Å². The minimum Gasteiger partial charge on any atom is -0.496 e. The molecule has 0 radical (unpaired) electrons. The minimum absolute atomic E-state index is 0.0841. The minimum atomic E-state index is 0.0841. The van der Waals surface area contributed by atoms with E-state index in [1.54, 1.807) is 14.2 Å². The fourth-order valence-corrected chi connectivity index (χ4v) is 3.47. The highest BCUT2D eigenvalue weighted by atomic mass is 16.5. The van der Waals surface area contributed by atoms with Crippen molar-refractivity contribution in [3.8, 4) is 11.5 Å². The maximum atomic E-state index is 5.74. The van der Waals surface area contributed by atoms with E-state index in [1.807, 2.05) is 0 Å². The molecule has 0 heterocycles. The molecular weight excluding hydrogens is 272 g/mol. The van der Waals surface area contributed by atoms with Gasteiger partial charge in [-0.05, 0) is 35.8 Å². The first kappa shape index (κ1) is 18.9. The largest absolute Gasteiger partial charge is 0.496 e. The van der Waals surface area contributed by atoms with Crippen molar-refractivity contribution in [3.63, 3.8) is 0 Å². The molecule has 1 aromatic rings. The smallest absolute Gasteiger partial charge is 0.123 e. The van der Waals surface area contributed by atoms with Gasteiger partial charge in [0.1, 0.15) is 11.5 Å². The normalized spacial score (nSPS) is 12.4. The first-order valence-corrected chi connectivity index (χ1v) is 8.50. The number of methoxy groups -OCH3 is 2. The number of benzene rings is 1. The van der Waals surface area contributed by atoms with Crippen LogP contribution in [0.15, 0.2) is 12.1 Å². The summed E-state index contributed by atoms with van der Waals surface area (Å²) in [4.78, 5) is 0. The van der Waals surface area contributed by atoms with Gasteiger partial charge >= 0.3 is 0 Å². The highest BCUT2D eigenvalue weighted by Gasteiger charge is 2.30. The average molecular weight is 306 g/mol. The summed E-state index contributed by atoms with van der Waals surface area (Å²) >= 11 is 0. The van der Waals surface area contributed by atoms with Crippen molar-refractivity contribution in [2.45, 2.75) is 78.1 Å². The summed E-state index contributed by atoms with van der Waals surface area (Å²) in [5, 5.41) is 0. The van der Waals surface area contributed by atoms with Crippen molar-refractivity contribution in [3.05, 3.63) is 23.3 Å². The van der Waals surface area contributed by atoms with Crippen molar-refractivity contribution in [2.75, 3.05) is 14.2 Å². The number of rotatable bonds is 8. The third-order valence-corrected chi connectivity index (χ3v) is 4.73. The topological polar surface area (TPSA) is 18.5 Å². The van der Waals surface area contributed by atoms with Gasteiger partial charge in [0.15, 0.2) is 0 Å². The Hall–Kier alpha value is -1.18. The van der Waals surface area contributed by atoms with Crippen molar-refractivity contribution in [1.82, 2.24) is 0 Å². The van der Waals surface area contributed by atoms with Crippen molar-refractivity contribution < 1.29 is 9.47 Å². The fourth-order valence-electron chi connectivity index (χ4n) is 3.47. The lowest BCUT2D eigenvalue weighted by atomic mass is 9.75. The molecular formula is C20H34O2. The molecule has 0 spiro atoms. The van der Waals surface area contributed by atoms with Gasteiger partial charge in [0.2, 0.25) is 0 Å². The lowest BCUT2D eigenvalue weighted by molar-refractivity contribution is 0.361. The molecule has 0 aliphatic rings. The van der Waals surface area contributed by atoms with Crippen LogP contribution in [0, 0.1) is 0 Å². The molecule has 0 fully saturated rings. The summed E-state index contributed by atoms with van der Waals surface area (Å²) in [6.07, 6.45) is 4.57. The monoisotopic (exact) mass is 306 g/mol. The van der Waals surface area contributed by atoms with Crippen LogP contribution in [0.25, 0.3) is 0 Å². The van der Waals surface area contributed by atoms with Crippen molar-refractivity contribution in [2.24, 2.45) is 0 Å². The molecule has 0 saturated carbocycles. The quantitative estimate of drug-likeness (QED) is 0.599. The van der Waals surface area contributed by atoms with E-state index in [2.05, 4.69) is 53.7 Å². The van der Waals surface area contributed by atoms with E-state index in [-0.39, 0.29) is 10.8 Å². The SMILES string of the molecule is CCCC(C)(C)c1cc(OC)c(C(C)(C)CCC)cc1OC. The Morgan fingerprint density at radius 3 is 1.27 bits per heavy atom. The molecule has 2 heteroatoms. The number of hydrogen-bond donors (Lipinski definition) is 0. The molecule has 0 bridgehead atoms. The van der Waals surface area contributed by atoms with Crippen LogP contribution in [0.2, 0.25) is 0 Å². The molecule has 0 aliphatic carbocycles. The lowest BCUT2D eigenvalue weighted by Crippen LogP contribution is -2.22. The zero-order valence-electron chi connectivity index (χ0n) is 15.8. The Kier molecular flexibility index (Phi) is 6.34. The van der Waals surface area contributed by atoms with Crippen LogP contribution >= 0.6 is 0 Å². The molecule has 126 valence electrons. The summed E-state index contributed by atoms with van der Waals surface area (Å²) in [5.74, 6) is 1.97. The molecule has 2 nitrogen and oxygen atoms in total. The standard InChI is InChI=1S/C20H34O2/c1-9-11-19(3,4)15-13-18(22-8)16(14-17(15)21-7)20(5,6)12-10-2/h13-14H,9-12H2,1-8H3. The lowest BCUT2D eigenvalue weighted by Gasteiger charge is -2.32. The van der Waals surface area contributed by atoms with Gasteiger partial charge in [-0.3, -0.25) is 0 Å². The van der Waals surface area contributed by atoms with Crippen LogP contribution < -0.4 is 9.47 Å². The molecule has 0 amide bonds. The molecule has 0 N–H and O–H groups in total. The van der Waals surface area contributed by atoms with E-state index in [0.29, 0.717) is 0 Å². The predicted molar refractivity (Wildman–Crippen MR) is 95.4 cm³/mol. The van der Waals surface area contributed by atoms with E-state index in [0.717, 1.165) is 37.2 Å². The zero-order chi connectivity index (χ0) is 17.0. The summed E-state index contributed by atoms with van der Waals surface area (Å²) in [6.45, 7) is 13.6. The highest BCUT2D eigenvalue weighted by Crippen LogP contribution is 2.43. The average Bonchev–Trinajstić information content (AvgIpc) is 2.45. The Morgan fingerprint density at radius 2 is 1.05 bits per heavy atom. The Balaban J connectivity index is 3.47. The van der Waals surface area contributed by atoms with E-state index in [9.17, 15) is 0 Å². The van der Waals surface area contributed by atoms with Crippen LogP contribution in [0.5, 0.6) is 11.5 Å². The molecule has 0 saturated heterocycles. The molecule has 1 aromatic carbocycles. The third kappa shape index (κ3) is 3.97. The Morgan fingerprint density at radius 1 is 0.727 bits per heavy atom. The maximum absolute atomic E-state index is 5.74. The van der Waals surface area contributed by atoms with E-state index >= 15 is 0 Å². The van der Waals surface area contributed by atoms with Crippen LogP contribution in [0.1, 0.15) is 78.4 Å². The highest BCUT2D eigenvalue weighted by molar-refractivity contribution is 5.52. The van der Waals surface area contributed by atoms with E-state index in [1.165, 1.54) is 11.1 Å². The summed E-state index contributed by atoms with van der Waals surface area (Å²) in [6, 6.07) is 4.39. The number of ether oxygens (including phenoxy) is 2. The van der Waals surface area contributed by atoms with Crippen LogP contribution in [0.4, 0.5) is 0 Å². The zero-order valence-corrected chi connectivity index (χ0v) is 15.8. The van der Waals surface area contributed by atoms with Gasteiger partial charge in [-0.1, -0.05) is 54.4 Å². The van der Waals surface area contributed by atoms with Gasteiger partial charge in [0.05, 0.1) is 14.2 Å². The van der Waals surface area contributed by atoms with Crippen LogP contribution in [0.3, 0.4) is 0 Å².